The Hall–Kier alpha value is 0.260. The fourth-order valence-corrected chi connectivity index (χ4v) is 11.6. The van der Waals surface area contributed by atoms with Crippen LogP contribution in [0.1, 0.15) is 64.4 Å². The van der Waals surface area contributed by atoms with Crippen LogP contribution in [0.15, 0.2) is 0 Å². The maximum Gasteiger partial charge on any atom is 0.259 e. The molecule has 3 rings (SSSR count). The summed E-state index contributed by atoms with van der Waals surface area (Å²) in [7, 11) is -1.48. The summed E-state index contributed by atoms with van der Waals surface area (Å²) >= 11 is 1.29. The molecule has 0 aromatic rings. The first kappa shape index (κ1) is 23.6. The molecule has 0 aliphatic carbocycles. The lowest BCUT2D eigenvalue weighted by molar-refractivity contribution is 0.0402. The Labute approximate surface area is 209 Å². The van der Waals surface area contributed by atoms with Gasteiger partial charge in [0.1, 0.15) is 6.61 Å². The molecule has 8 nitrogen and oxygen atoms in total. The zero-order chi connectivity index (χ0) is 26.5. The van der Waals surface area contributed by atoms with Gasteiger partial charge in [0, 0.05) is 44.5 Å². The van der Waals surface area contributed by atoms with Gasteiger partial charge in [-0.25, -0.2) is 11.2 Å². The Bertz CT molecular complexity index is 789. The van der Waals surface area contributed by atoms with Crippen molar-refractivity contribution in [2.24, 2.45) is 0 Å². The summed E-state index contributed by atoms with van der Waals surface area (Å²) in [5.74, 6) is 0. The van der Waals surface area contributed by atoms with Gasteiger partial charge in [0.25, 0.3) is 15.1 Å². The lowest BCUT2D eigenvalue weighted by Crippen LogP contribution is -2.39. The molecule has 3 saturated heterocycles. The van der Waals surface area contributed by atoms with Gasteiger partial charge in [-0.2, -0.15) is 0 Å². The molecule has 0 aromatic heterocycles. The molecule has 1 unspecified atom stereocenters. The standard InChI is InChI=1S/C22H40N2O6P2S/c1-16(2)24(17(3)4)31(28-14-11-23-6)29-20-10-13-27-22(20)21-8-7-15-32(25,33-21)30-19-9-12-26-18(19)5/h16-22H,7-15H2,1-5H3/t18-,19+,20+,21-,22+,31?,32+/m1/s1/i5D,12T,13T/t12-,13-,18+,19-,20-,21+,22-,31?,32-/m0. The maximum atomic E-state index is 13.8. The Balaban J connectivity index is 1.72. The normalized spacial score (nSPS) is 41.8. The molecule has 3 aliphatic heterocycles. The first-order chi connectivity index (χ1) is 17.1. The molecule has 3 aliphatic rings. The molecule has 11 heteroatoms. The van der Waals surface area contributed by atoms with E-state index in [0.717, 1.165) is 6.42 Å². The van der Waals surface area contributed by atoms with Gasteiger partial charge in [-0.15, -0.1) is 0 Å². The van der Waals surface area contributed by atoms with Crippen molar-refractivity contribution < 1.29 is 31.7 Å². The van der Waals surface area contributed by atoms with E-state index < -0.39 is 52.7 Å². The van der Waals surface area contributed by atoms with Crippen LogP contribution in [-0.4, -0.2) is 78.9 Å². The number of hydrogen-bond acceptors (Lipinski definition) is 8. The fourth-order valence-electron chi connectivity index (χ4n) is 4.25. The van der Waals surface area contributed by atoms with Crippen molar-refractivity contribution >= 4 is 26.5 Å². The molecule has 0 spiro atoms. The van der Waals surface area contributed by atoms with Crippen molar-refractivity contribution in [2.45, 2.75) is 102 Å². The largest absolute Gasteiger partial charge is 0.376 e. The average Bonchev–Trinajstić information content (AvgIpc) is 3.33. The summed E-state index contributed by atoms with van der Waals surface area (Å²) in [6, 6.07) is 0.322. The molecule has 190 valence electrons. The number of hydrogen-bond donors (Lipinski definition) is 0. The minimum absolute atomic E-state index is 0.0322. The van der Waals surface area contributed by atoms with Crippen molar-refractivity contribution in [1.82, 2.24) is 4.67 Å². The zero-order valence-electron chi connectivity index (χ0n) is 23.0. The van der Waals surface area contributed by atoms with E-state index >= 15 is 0 Å². The van der Waals surface area contributed by atoms with Crippen molar-refractivity contribution in [1.29, 1.82) is 0 Å². The smallest absolute Gasteiger partial charge is 0.259 e. The second kappa shape index (κ2) is 13.0. The first-order valence-corrected chi connectivity index (χ1v) is 16.1. The Morgan fingerprint density at radius 3 is 2.70 bits per heavy atom. The zero-order valence-corrected chi connectivity index (χ0v) is 22.6. The summed E-state index contributed by atoms with van der Waals surface area (Å²) in [4.78, 5) is 3.39. The molecule has 9 atom stereocenters. The van der Waals surface area contributed by atoms with E-state index in [1.54, 1.807) is 0 Å². The molecule has 33 heavy (non-hydrogen) atoms. The van der Waals surface area contributed by atoms with Crippen LogP contribution in [0.2, 0.25) is 0 Å². The van der Waals surface area contributed by atoms with Gasteiger partial charge in [0.2, 0.25) is 6.54 Å². The summed E-state index contributed by atoms with van der Waals surface area (Å²) in [5, 5.41) is -0.167. The van der Waals surface area contributed by atoms with Crippen LogP contribution in [0.25, 0.3) is 4.85 Å². The maximum absolute atomic E-state index is 13.8. The SMILES string of the molecule is [2H]C[C@H]1O[C@@H]([3H])C[C@@H]1O[P@@]1(=O)CCC[C@H]([C@H]2O[C@@H]([3H])C[C@@H]2OP(OCC[N+]#[C-])N(C(C)C)C(C)C)S1. The minimum atomic E-state index is -3.10. The van der Waals surface area contributed by atoms with Crippen LogP contribution < -0.4 is 0 Å². The van der Waals surface area contributed by atoms with Crippen molar-refractivity contribution in [2.75, 3.05) is 32.5 Å². The predicted molar refractivity (Wildman–Crippen MR) is 134 cm³/mol. The average molecular weight is 528 g/mol. The molecule has 0 aromatic carbocycles. The molecule has 0 saturated carbocycles. The number of nitrogens with zero attached hydrogens (tertiary/aromatic N) is 2. The summed E-state index contributed by atoms with van der Waals surface area (Å²) in [6.45, 7) is 11.3. The van der Waals surface area contributed by atoms with Gasteiger partial charge in [-0.05, 0) is 53.9 Å². The van der Waals surface area contributed by atoms with Gasteiger partial charge in [-0.3, -0.25) is 4.57 Å². The quantitative estimate of drug-likeness (QED) is 0.192. The van der Waals surface area contributed by atoms with E-state index in [9.17, 15) is 4.57 Å². The van der Waals surface area contributed by atoms with E-state index in [1.807, 2.05) is 0 Å². The van der Waals surface area contributed by atoms with Gasteiger partial charge < -0.3 is 27.9 Å². The summed E-state index contributed by atoms with van der Waals surface area (Å²) in [6.07, 6.45) is 0.724. The van der Waals surface area contributed by atoms with Crippen LogP contribution in [-0.2, 0) is 27.6 Å². The van der Waals surface area contributed by atoms with Gasteiger partial charge >= 0.3 is 0 Å². The Morgan fingerprint density at radius 1 is 1.27 bits per heavy atom. The van der Waals surface area contributed by atoms with E-state index in [4.69, 9.17) is 33.7 Å². The highest BCUT2D eigenvalue weighted by Crippen LogP contribution is 2.67. The molecule has 0 radical (unpaired) electrons. The predicted octanol–water partition coefficient (Wildman–Crippen LogP) is 5.72. The minimum Gasteiger partial charge on any atom is -0.376 e. The van der Waals surface area contributed by atoms with Gasteiger partial charge in [0.15, 0.2) is 0 Å². The Kier molecular flexibility index (Phi) is 9.31. The van der Waals surface area contributed by atoms with E-state index in [-0.39, 0.29) is 37.4 Å². The van der Waals surface area contributed by atoms with Gasteiger partial charge in [0.05, 0.1) is 27.2 Å². The molecule has 0 amide bonds. The second-order valence-electron chi connectivity index (χ2n) is 9.01. The third kappa shape index (κ3) is 7.62. The fraction of sp³-hybridized carbons (Fsp3) is 0.955. The number of rotatable bonds is 11. The highest BCUT2D eigenvalue weighted by Gasteiger charge is 2.46. The molecule has 3 heterocycles. The van der Waals surface area contributed by atoms with Gasteiger partial charge in [-0.1, -0.05) is 11.4 Å². The Morgan fingerprint density at radius 2 is 2.00 bits per heavy atom. The molecular formula is C22H40N2O6P2S. The van der Waals surface area contributed by atoms with Crippen molar-refractivity contribution in [3.05, 3.63) is 11.4 Å². The third-order valence-electron chi connectivity index (χ3n) is 5.72. The topological polar surface area (TPSA) is 70.8 Å². The molecule has 0 bridgehead atoms. The third-order valence-corrected chi connectivity index (χ3v) is 13.0. The molecule has 3 fully saturated rings. The van der Waals surface area contributed by atoms with E-state index in [1.165, 1.54) is 11.4 Å². The summed E-state index contributed by atoms with van der Waals surface area (Å²) < 4.78 is 69.9. The highest BCUT2D eigenvalue weighted by atomic mass is 32.7. The van der Waals surface area contributed by atoms with Crippen LogP contribution in [0.5, 0.6) is 0 Å². The van der Waals surface area contributed by atoms with Crippen molar-refractivity contribution in [3.8, 4) is 0 Å². The van der Waals surface area contributed by atoms with Crippen LogP contribution >= 0.6 is 26.5 Å². The van der Waals surface area contributed by atoms with E-state index in [0.29, 0.717) is 25.4 Å². The molecular weight excluding hydrogens is 482 g/mol. The second-order valence-corrected chi connectivity index (χ2v) is 15.4. The van der Waals surface area contributed by atoms with Crippen molar-refractivity contribution in [3.63, 3.8) is 0 Å². The van der Waals surface area contributed by atoms with Crippen LogP contribution in [0.3, 0.4) is 0 Å². The summed E-state index contributed by atoms with van der Waals surface area (Å²) in [5.41, 5.74) is 0. The van der Waals surface area contributed by atoms with Crippen LogP contribution in [0, 0.1) is 6.57 Å². The first-order valence-electron chi connectivity index (χ1n) is 13.5. The lowest BCUT2D eigenvalue weighted by atomic mass is 10.1. The van der Waals surface area contributed by atoms with E-state index in [2.05, 4.69) is 37.2 Å². The lowest BCUT2D eigenvalue weighted by Gasteiger charge is -2.39. The van der Waals surface area contributed by atoms with Crippen LogP contribution in [0.4, 0.5) is 0 Å². The number of ether oxygens (including phenoxy) is 2. The highest BCUT2D eigenvalue weighted by molar-refractivity contribution is 8.57. The monoisotopic (exact) mass is 527 g/mol. The molecule has 0 N–H and O–H groups in total.